The first-order valence-corrected chi connectivity index (χ1v) is 6.93. The van der Waals surface area contributed by atoms with Crippen LogP contribution in [0.3, 0.4) is 0 Å². The molecule has 2 rings (SSSR count). The summed E-state index contributed by atoms with van der Waals surface area (Å²) in [6, 6.07) is 13.0. The molecule has 0 fully saturated rings. The van der Waals surface area contributed by atoms with Crippen LogP contribution in [-0.4, -0.2) is 6.61 Å². The lowest BCUT2D eigenvalue weighted by atomic mass is 9.99. The van der Waals surface area contributed by atoms with E-state index in [1.807, 2.05) is 0 Å². The first-order valence-electron chi connectivity index (χ1n) is 6.93. The summed E-state index contributed by atoms with van der Waals surface area (Å²) in [6.45, 7) is 9.31. The topological polar surface area (TPSA) is 9.23 Å². The minimum atomic E-state index is 0.782. The van der Waals surface area contributed by atoms with Gasteiger partial charge in [-0.1, -0.05) is 31.2 Å². The second kappa shape index (κ2) is 5.92. The van der Waals surface area contributed by atoms with Gasteiger partial charge in [-0.25, -0.2) is 0 Å². The van der Waals surface area contributed by atoms with E-state index in [2.05, 4.69) is 64.1 Å². The number of ether oxygens (including phenoxy) is 1. The van der Waals surface area contributed by atoms with E-state index in [-0.39, 0.29) is 0 Å². The largest absolute Gasteiger partial charge is 0.493 e. The average Bonchev–Trinajstić information content (AvgIpc) is 2.40. The van der Waals surface area contributed by atoms with E-state index in [1.54, 1.807) is 0 Å². The molecule has 1 nitrogen and oxygen atoms in total. The van der Waals surface area contributed by atoms with Gasteiger partial charge >= 0.3 is 0 Å². The van der Waals surface area contributed by atoms with Gasteiger partial charge in [0.15, 0.2) is 0 Å². The van der Waals surface area contributed by atoms with Gasteiger partial charge in [-0.3, -0.25) is 0 Å². The van der Waals surface area contributed by atoms with Crippen molar-refractivity contribution in [3.63, 3.8) is 0 Å². The zero-order valence-corrected chi connectivity index (χ0v) is 12.3. The average molecular weight is 254 g/mol. The third kappa shape index (κ3) is 3.17. The monoisotopic (exact) mass is 254 g/mol. The number of hydrogen-bond acceptors (Lipinski definition) is 1. The smallest absolute Gasteiger partial charge is 0.122 e. The zero-order chi connectivity index (χ0) is 13.8. The Labute approximate surface area is 116 Å². The molecule has 0 bridgehead atoms. The van der Waals surface area contributed by atoms with Crippen LogP contribution in [0.5, 0.6) is 5.75 Å². The van der Waals surface area contributed by atoms with Crippen molar-refractivity contribution >= 4 is 0 Å². The fraction of sp³-hybridized carbons (Fsp3) is 0.333. The molecule has 0 atom stereocenters. The molecular formula is C18H22O. The fourth-order valence-electron chi connectivity index (χ4n) is 2.12. The molecule has 1 heteroatoms. The van der Waals surface area contributed by atoms with Crippen LogP contribution in [0.2, 0.25) is 0 Å². The normalized spacial score (nSPS) is 10.5. The molecule has 0 radical (unpaired) electrons. The SMILES string of the molecule is CCCOc1ccc(-c2ccc(C)c(C)c2)cc1C. The van der Waals surface area contributed by atoms with Gasteiger partial charge in [0.25, 0.3) is 0 Å². The Morgan fingerprint density at radius 2 is 1.42 bits per heavy atom. The van der Waals surface area contributed by atoms with E-state index in [0.29, 0.717) is 0 Å². The molecular weight excluding hydrogens is 232 g/mol. The highest BCUT2D eigenvalue weighted by atomic mass is 16.5. The first kappa shape index (κ1) is 13.7. The molecule has 19 heavy (non-hydrogen) atoms. The van der Waals surface area contributed by atoms with Crippen LogP contribution in [0.15, 0.2) is 36.4 Å². The van der Waals surface area contributed by atoms with Gasteiger partial charge in [0, 0.05) is 0 Å². The maximum Gasteiger partial charge on any atom is 0.122 e. The number of rotatable bonds is 4. The van der Waals surface area contributed by atoms with Crippen molar-refractivity contribution in [2.24, 2.45) is 0 Å². The molecule has 0 aliphatic rings. The van der Waals surface area contributed by atoms with Crippen molar-refractivity contribution in [1.29, 1.82) is 0 Å². The van der Waals surface area contributed by atoms with Gasteiger partial charge < -0.3 is 4.74 Å². The highest BCUT2D eigenvalue weighted by molar-refractivity contribution is 5.66. The number of benzene rings is 2. The van der Waals surface area contributed by atoms with E-state index in [9.17, 15) is 0 Å². The molecule has 0 aromatic heterocycles. The summed E-state index contributed by atoms with van der Waals surface area (Å²) < 4.78 is 5.72. The predicted molar refractivity (Wildman–Crippen MR) is 81.9 cm³/mol. The van der Waals surface area contributed by atoms with Crippen LogP contribution >= 0.6 is 0 Å². The van der Waals surface area contributed by atoms with Gasteiger partial charge in [-0.05, 0) is 67.1 Å². The Morgan fingerprint density at radius 3 is 2.00 bits per heavy atom. The second-order valence-corrected chi connectivity index (χ2v) is 5.13. The lowest BCUT2D eigenvalue weighted by molar-refractivity contribution is 0.315. The quantitative estimate of drug-likeness (QED) is 0.740. The fourth-order valence-corrected chi connectivity index (χ4v) is 2.12. The molecule has 0 amide bonds. The lowest BCUT2D eigenvalue weighted by Crippen LogP contribution is -1.97. The molecule has 0 saturated carbocycles. The van der Waals surface area contributed by atoms with Crippen LogP contribution in [0.25, 0.3) is 11.1 Å². The molecule has 0 aliphatic carbocycles. The Bertz CT molecular complexity index is 570. The van der Waals surface area contributed by atoms with Crippen molar-refractivity contribution < 1.29 is 4.74 Å². The van der Waals surface area contributed by atoms with E-state index in [0.717, 1.165) is 18.8 Å². The van der Waals surface area contributed by atoms with Crippen LogP contribution in [-0.2, 0) is 0 Å². The van der Waals surface area contributed by atoms with Crippen molar-refractivity contribution in [1.82, 2.24) is 0 Å². The summed E-state index contributed by atoms with van der Waals surface area (Å²) in [4.78, 5) is 0. The van der Waals surface area contributed by atoms with E-state index in [1.165, 1.54) is 27.8 Å². The van der Waals surface area contributed by atoms with Crippen molar-refractivity contribution in [2.75, 3.05) is 6.61 Å². The predicted octanol–water partition coefficient (Wildman–Crippen LogP) is 5.07. The third-order valence-corrected chi connectivity index (χ3v) is 3.48. The highest BCUT2D eigenvalue weighted by Crippen LogP contribution is 2.27. The maximum absolute atomic E-state index is 5.72. The van der Waals surface area contributed by atoms with Crippen LogP contribution in [0.4, 0.5) is 0 Å². The van der Waals surface area contributed by atoms with Gasteiger partial charge in [-0.15, -0.1) is 0 Å². The van der Waals surface area contributed by atoms with E-state index in [4.69, 9.17) is 4.74 Å². The minimum absolute atomic E-state index is 0.782. The minimum Gasteiger partial charge on any atom is -0.493 e. The Hall–Kier alpha value is -1.76. The molecule has 100 valence electrons. The first-order chi connectivity index (χ1) is 9.11. The van der Waals surface area contributed by atoms with Gasteiger partial charge in [0.1, 0.15) is 5.75 Å². The summed E-state index contributed by atoms with van der Waals surface area (Å²) in [7, 11) is 0. The Balaban J connectivity index is 2.30. The van der Waals surface area contributed by atoms with E-state index >= 15 is 0 Å². The summed E-state index contributed by atoms with van der Waals surface area (Å²) in [5, 5.41) is 0. The summed E-state index contributed by atoms with van der Waals surface area (Å²) in [5.41, 5.74) is 6.40. The molecule has 0 spiro atoms. The van der Waals surface area contributed by atoms with Crippen LogP contribution < -0.4 is 4.74 Å². The third-order valence-electron chi connectivity index (χ3n) is 3.48. The summed E-state index contributed by atoms with van der Waals surface area (Å²) in [5.74, 6) is 0.995. The number of aryl methyl sites for hydroxylation is 3. The molecule has 0 aliphatic heterocycles. The van der Waals surface area contributed by atoms with Crippen LogP contribution in [0.1, 0.15) is 30.0 Å². The van der Waals surface area contributed by atoms with Crippen LogP contribution in [0, 0.1) is 20.8 Å². The van der Waals surface area contributed by atoms with Gasteiger partial charge in [0.2, 0.25) is 0 Å². The standard InChI is InChI=1S/C18H22O/c1-5-10-19-18-9-8-17(12-15(18)4)16-7-6-13(2)14(3)11-16/h6-9,11-12H,5,10H2,1-4H3. The van der Waals surface area contributed by atoms with E-state index < -0.39 is 0 Å². The summed E-state index contributed by atoms with van der Waals surface area (Å²) in [6.07, 6.45) is 1.04. The molecule has 0 saturated heterocycles. The van der Waals surface area contributed by atoms with Gasteiger partial charge in [-0.2, -0.15) is 0 Å². The Morgan fingerprint density at radius 1 is 0.789 bits per heavy atom. The number of hydrogen-bond donors (Lipinski definition) is 0. The summed E-state index contributed by atoms with van der Waals surface area (Å²) >= 11 is 0. The molecule has 2 aromatic rings. The van der Waals surface area contributed by atoms with Crippen molar-refractivity contribution in [3.8, 4) is 16.9 Å². The maximum atomic E-state index is 5.72. The highest BCUT2D eigenvalue weighted by Gasteiger charge is 2.04. The molecule has 0 N–H and O–H groups in total. The lowest BCUT2D eigenvalue weighted by Gasteiger charge is -2.11. The van der Waals surface area contributed by atoms with Gasteiger partial charge in [0.05, 0.1) is 6.61 Å². The van der Waals surface area contributed by atoms with Crippen molar-refractivity contribution in [3.05, 3.63) is 53.1 Å². The molecule has 2 aromatic carbocycles. The second-order valence-electron chi connectivity index (χ2n) is 5.13. The molecule has 0 unspecified atom stereocenters. The zero-order valence-electron chi connectivity index (χ0n) is 12.3. The van der Waals surface area contributed by atoms with Crippen molar-refractivity contribution in [2.45, 2.75) is 34.1 Å². The Kier molecular flexibility index (Phi) is 4.26. The molecule has 0 heterocycles.